The average Bonchev–Trinajstić information content (AvgIpc) is 3.08. The third kappa shape index (κ3) is 4.31. The summed E-state index contributed by atoms with van der Waals surface area (Å²) in [6, 6.07) is 14.1. The van der Waals surface area contributed by atoms with Crippen LogP contribution in [0.15, 0.2) is 66.5 Å². The van der Waals surface area contributed by atoms with Gasteiger partial charge in [0.15, 0.2) is 0 Å². The van der Waals surface area contributed by atoms with Crippen LogP contribution in [-0.2, 0) is 16.1 Å². The molecule has 6 heteroatoms. The molecule has 6 nitrogen and oxygen atoms in total. The Morgan fingerprint density at radius 2 is 1.74 bits per heavy atom. The van der Waals surface area contributed by atoms with Gasteiger partial charge in [-0.05, 0) is 80.3 Å². The van der Waals surface area contributed by atoms with Crippen LogP contribution in [0.3, 0.4) is 0 Å². The van der Waals surface area contributed by atoms with Gasteiger partial charge < -0.3 is 14.7 Å². The first-order valence-electron chi connectivity index (χ1n) is 11.3. The lowest BCUT2D eigenvalue weighted by atomic mass is 9.95. The summed E-state index contributed by atoms with van der Waals surface area (Å²) >= 11 is 0. The first-order valence-corrected chi connectivity index (χ1v) is 11.3. The highest BCUT2D eigenvalue weighted by molar-refractivity contribution is 6.46. The molecule has 3 aromatic rings. The summed E-state index contributed by atoms with van der Waals surface area (Å²) in [7, 11) is 0. The minimum atomic E-state index is -0.727. The maximum Gasteiger partial charge on any atom is 0.295 e. The Morgan fingerprint density at radius 1 is 1.00 bits per heavy atom. The standard InChI is InChI=1S/C28H28N2O4/c1-5-34-23-9-8-21(15-19(23)4)26(31)24-25(20-10-12-29-13-11-20)30(28(33)27(24)32)16-22-14-17(2)6-7-18(22)3/h6-15,25,31H,5,16H2,1-4H3/b26-24-. The molecule has 4 rings (SSSR count). The smallest absolute Gasteiger partial charge is 0.295 e. The van der Waals surface area contributed by atoms with Crippen LogP contribution in [0, 0.1) is 20.8 Å². The molecule has 0 bridgehead atoms. The number of pyridine rings is 1. The van der Waals surface area contributed by atoms with Gasteiger partial charge in [-0.1, -0.05) is 23.8 Å². The SMILES string of the molecule is CCOc1ccc(/C(O)=C2/C(=O)C(=O)N(Cc3cc(C)ccc3C)C2c2ccncc2)cc1C. The van der Waals surface area contributed by atoms with Crippen LogP contribution in [-0.4, -0.2) is 33.3 Å². The predicted molar refractivity (Wildman–Crippen MR) is 130 cm³/mol. The van der Waals surface area contributed by atoms with E-state index in [1.165, 1.54) is 4.90 Å². The maximum atomic E-state index is 13.3. The van der Waals surface area contributed by atoms with E-state index in [2.05, 4.69) is 4.98 Å². The lowest BCUT2D eigenvalue weighted by molar-refractivity contribution is -0.140. The van der Waals surface area contributed by atoms with E-state index in [1.807, 2.05) is 45.9 Å². The van der Waals surface area contributed by atoms with Crippen molar-refractivity contribution in [3.05, 3.63) is 99.9 Å². The third-order valence-corrected chi connectivity index (χ3v) is 6.16. The van der Waals surface area contributed by atoms with Crippen molar-refractivity contribution in [3.63, 3.8) is 0 Å². The molecular weight excluding hydrogens is 428 g/mol. The number of likely N-dealkylation sites (tertiary alicyclic amines) is 1. The average molecular weight is 457 g/mol. The van der Waals surface area contributed by atoms with Crippen LogP contribution in [0.4, 0.5) is 0 Å². The molecule has 34 heavy (non-hydrogen) atoms. The molecule has 2 aromatic carbocycles. The van der Waals surface area contributed by atoms with Gasteiger partial charge in [-0.2, -0.15) is 0 Å². The fraction of sp³-hybridized carbons (Fsp3) is 0.250. The van der Waals surface area contributed by atoms with Crippen LogP contribution < -0.4 is 4.74 Å². The number of rotatable bonds is 6. The van der Waals surface area contributed by atoms with Gasteiger partial charge in [0, 0.05) is 24.5 Å². The highest BCUT2D eigenvalue weighted by atomic mass is 16.5. The number of Topliss-reactive ketones (excluding diaryl/α,β-unsaturated/α-hetero) is 1. The second kappa shape index (κ2) is 9.51. The lowest BCUT2D eigenvalue weighted by Crippen LogP contribution is -2.29. The second-order valence-corrected chi connectivity index (χ2v) is 8.55. The number of carbonyl (C=O) groups is 2. The summed E-state index contributed by atoms with van der Waals surface area (Å²) in [5, 5.41) is 11.3. The first-order chi connectivity index (χ1) is 16.3. The second-order valence-electron chi connectivity index (χ2n) is 8.55. The molecule has 1 fully saturated rings. The molecule has 1 aromatic heterocycles. The molecule has 0 aliphatic carbocycles. The molecule has 1 atom stereocenters. The summed E-state index contributed by atoms with van der Waals surface area (Å²) in [5.41, 5.74) is 5.14. The fourth-order valence-corrected chi connectivity index (χ4v) is 4.36. The molecule has 1 aliphatic rings. The highest BCUT2D eigenvalue weighted by Gasteiger charge is 2.46. The van der Waals surface area contributed by atoms with Gasteiger partial charge >= 0.3 is 0 Å². The van der Waals surface area contributed by atoms with Gasteiger partial charge in [0.2, 0.25) is 0 Å². The zero-order chi connectivity index (χ0) is 24.4. The third-order valence-electron chi connectivity index (χ3n) is 6.16. The Hall–Kier alpha value is -3.93. The molecular formula is C28H28N2O4. The Balaban J connectivity index is 1.84. The van der Waals surface area contributed by atoms with E-state index in [1.54, 1.807) is 42.7 Å². The zero-order valence-corrected chi connectivity index (χ0v) is 19.8. The fourth-order valence-electron chi connectivity index (χ4n) is 4.36. The molecule has 1 amide bonds. The van der Waals surface area contributed by atoms with E-state index >= 15 is 0 Å². The van der Waals surface area contributed by atoms with E-state index in [0.29, 0.717) is 23.5 Å². The Morgan fingerprint density at radius 3 is 2.41 bits per heavy atom. The molecule has 0 spiro atoms. The molecule has 1 saturated heterocycles. The van der Waals surface area contributed by atoms with Crippen molar-refractivity contribution in [3.8, 4) is 5.75 Å². The number of benzene rings is 2. The van der Waals surface area contributed by atoms with Gasteiger partial charge in [0.25, 0.3) is 11.7 Å². The van der Waals surface area contributed by atoms with Crippen molar-refractivity contribution >= 4 is 17.4 Å². The summed E-state index contributed by atoms with van der Waals surface area (Å²) in [5.74, 6) is -0.821. The number of ketones is 1. The molecule has 0 saturated carbocycles. The zero-order valence-electron chi connectivity index (χ0n) is 19.8. The van der Waals surface area contributed by atoms with Gasteiger partial charge in [0.1, 0.15) is 11.5 Å². The predicted octanol–water partition coefficient (Wildman–Crippen LogP) is 5.03. The van der Waals surface area contributed by atoms with Crippen LogP contribution in [0.5, 0.6) is 5.75 Å². The number of hydrogen-bond acceptors (Lipinski definition) is 5. The lowest BCUT2D eigenvalue weighted by Gasteiger charge is -2.26. The van der Waals surface area contributed by atoms with Crippen molar-refractivity contribution in [2.75, 3.05) is 6.61 Å². The molecule has 1 N–H and O–H groups in total. The van der Waals surface area contributed by atoms with Gasteiger partial charge in [-0.3, -0.25) is 14.6 Å². The van der Waals surface area contributed by atoms with Gasteiger partial charge in [-0.25, -0.2) is 0 Å². The van der Waals surface area contributed by atoms with E-state index in [9.17, 15) is 14.7 Å². The number of carbonyl (C=O) groups excluding carboxylic acids is 2. The molecule has 0 radical (unpaired) electrons. The van der Waals surface area contributed by atoms with E-state index < -0.39 is 17.7 Å². The van der Waals surface area contributed by atoms with Crippen molar-refractivity contribution in [2.45, 2.75) is 40.3 Å². The maximum absolute atomic E-state index is 13.3. The van der Waals surface area contributed by atoms with Crippen molar-refractivity contribution in [1.82, 2.24) is 9.88 Å². The number of ether oxygens (including phenoxy) is 1. The minimum absolute atomic E-state index is 0.0741. The van der Waals surface area contributed by atoms with E-state index in [-0.39, 0.29) is 17.9 Å². The van der Waals surface area contributed by atoms with Crippen LogP contribution >= 0.6 is 0 Å². The Labute approximate surface area is 199 Å². The topological polar surface area (TPSA) is 79.7 Å². The van der Waals surface area contributed by atoms with Crippen LogP contribution in [0.1, 0.15) is 46.3 Å². The molecule has 1 aliphatic heterocycles. The Bertz CT molecular complexity index is 1280. The van der Waals surface area contributed by atoms with Crippen molar-refractivity contribution in [1.29, 1.82) is 0 Å². The molecule has 1 unspecified atom stereocenters. The van der Waals surface area contributed by atoms with Crippen molar-refractivity contribution < 1.29 is 19.4 Å². The van der Waals surface area contributed by atoms with Crippen molar-refractivity contribution in [2.24, 2.45) is 0 Å². The Kier molecular flexibility index (Phi) is 6.50. The highest BCUT2D eigenvalue weighted by Crippen LogP contribution is 2.40. The quantitative estimate of drug-likeness (QED) is 0.320. The van der Waals surface area contributed by atoms with E-state index in [4.69, 9.17) is 4.74 Å². The minimum Gasteiger partial charge on any atom is -0.507 e. The number of aliphatic hydroxyl groups is 1. The number of amides is 1. The number of aromatic nitrogens is 1. The number of aliphatic hydroxyl groups excluding tert-OH is 1. The summed E-state index contributed by atoms with van der Waals surface area (Å²) in [6.45, 7) is 8.53. The number of nitrogens with zero attached hydrogens (tertiary/aromatic N) is 2. The largest absolute Gasteiger partial charge is 0.507 e. The molecule has 2 heterocycles. The monoisotopic (exact) mass is 456 g/mol. The number of aryl methyl sites for hydroxylation is 3. The summed E-state index contributed by atoms with van der Waals surface area (Å²) in [6.07, 6.45) is 3.24. The summed E-state index contributed by atoms with van der Waals surface area (Å²) in [4.78, 5) is 32.1. The first kappa shape index (κ1) is 23.2. The van der Waals surface area contributed by atoms with Gasteiger partial charge in [-0.15, -0.1) is 0 Å². The van der Waals surface area contributed by atoms with E-state index in [0.717, 1.165) is 22.3 Å². The summed E-state index contributed by atoms with van der Waals surface area (Å²) < 4.78 is 5.60. The van der Waals surface area contributed by atoms with Crippen LogP contribution in [0.2, 0.25) is 0 Å². The molecule has 174 valence electrons. The number of hydrogen-bond donors (Lipinski definition) is 1. The normalized spacial score (nSPS) is 17.3. The van der Waals surface area contributed by atoms with Gasteiger partial charge in [0.05, 0.1) is 18.2 Å². The van der Waals surface area contributed by atoms with Crippen LogP contribution in [0.25, 0.3) is 5.76 Å².